The Hall–Kier alpha value is -3.18. The van der Waals surface area contributed by atoms with Crippen molar-refractivity contribution in [2.75, 3.05) is 11.1 Å². The highest BCUT2D eigenvalue weighted by Crippen LogP contribution is 2.43. The monoisotopic (exact) mass is 539 g/mol. The van der Waals surface area contributed by atoms with Crippen molar-refractivity contribution in [3.05, 3.63) is 77.6 Å². The van der Waals surface area contributed by atoms with E-state index in [1.807, 2.05) is 60.3 Å². The molecule has 4 unspecified atom stereocenters. The number of imidazole rings is 1. The maximum atomic E-state index is 12.3. The summed E-state index contributed by atoms with van der Waals surface area (Å²) < 4.78 is 14.9. The number of anilines is 1. The molecular formula is C28H33N3O6S. The van der Waals surface area contributed by atoms with Crippen LogP contribution in [0.4, 0.5) is 5.69 Å². The summed E-state index contributed by atoms with van der Waals surface area (Å²) in [4.78, 5) is 27.4. The molecule has 2 heterocycles. The standard InChI is InChI=1S/C28H33N3O6S/c1-18-23(17-38-28-29-13-14-31(28)2)36-27(37-26(18)20-11-9-19(16-32)10-12-20)21-5-3-6-22(15-21)30-24(33)7-4-8-25(34)35/h3,5-6,9-15,18,23,26-27,32H,4,7-8,16-17H2,1-2H3,(H,30,33)(H,34,35). The van der Waals surface area contributed by atoms with E-state index in [0.717, 1.165) is 21.8 Å². The molecule has 3 N–H and O–H groups in total. The number of hydrogen-bond donors (Lipinski definition) is 3. The molecule has 38 heavy (non-hydrogen) atoms. The van der Waals surface area contributed by atoms with E-state index in [-0.39, 0.29) is 49.9 Å². The SMILES string of the molecule is CC1C(CSc2nccn2C)OC(c2cccc(NC(=O)CCCC(=O)O)c2)OC1c1ccc(CO)cc1. The van der Waals surface area contributed by atoms with Crippen LogP contribution in [0.3, 0.4) is 0 Å². The van der Waals surface area contributed by atoms with Gasteiger partial charge >= 0.3 is 5.97 Å². The first-order valence-corrected chi connectivity index (χ1v) is 13.5. The van der Waals surface area contributed by atoms with Crippen LogP contribution in [0.5, 0.6) is 0 Å². The molecule has 1 fully saturated rings. The van der Waals surface area contributed by atoms with E-state index in [1.165, 1.54) is 0 Å². The van der Waals surface area contributed by atoms with Crippen molar-refractivity contribution in [1.82, 2.24) is 9.55 Å². The summed E-state index contributed by atoms with van der Waals surface area (Å²) in [5.41, 5.74) is 3.19. The molecule has 0 saturated carbocycles. The predicted octanol–water partition coefficient (Wildman–Crippen LogP) is 4.69. The fourth-order valence-electron chi connectivity index (χ4n) is 4.34. The molecule has 4 atom stereocenters. The summed E-state index contributed by atoms with van der Waals surface area (Å²) >= 11 is 1.63. The number of aliphatic carboxylic acids is 1. The van der Waals surface area contributed by atoms with E-state index in [2.05, 4.69) is 17.2 Å². The highest BCUT2D eigenvalue weighted by atomic mass is 32.2. The summed E-state index contributed by atoms with van der Waals surface area (Å²) in [6.07, 6.45) is 2.98. The number of carboxylic acids is 1. The van der Waals surface area contributed by atoms with Crippen molar-refractivity contribution in [2.45, 2.75) is 56.4 Å². The second-order valence-electron chi connectivity index (χ2n) is 9.37. The van der Waals surface area contributed by atoms with Crippen molar-refractivity contribution >= 4 is 29.3 Å². The van der Waals surface area contributed by atoms with E-state index in [0.29, 0.717) is 11.4 Å². The zero-order valence-corrected chi connectivity index (χ0v) is 22.3. The first-order valence-electron chi connectivity index (χ1n) is 12.6. The Morgan fingerprint density at radius 2 is 1.89 bits per heavy atom. The van der Waals surface area contributed by atoms with Gasteiger partial charge in [0, 0.05) is 55.2 Å². The number of carboxylic acid groups (broad SMARTS) is 1. The van der Waals surface area contributed by atoms with Gasteiger partial charge in [0.25, 0.3) is 0 Å². The van der Waals surface area contributed by atoms with E-state index < -0.39 is 12.3 Å². The normalized spacial score (nSPS) is 21.2. The van der Waals surface area contributed by atoms with Crippen molar-refractivity contribution in [3.8, 4) is 0 Å². The summed E-state index contributed by atoms with van der Waals surface area (Å²) in [6, 6.07) is 15.1. The number of hydrogen-bond acceptors (Lipinski definition) is 7. The number of nitrogens with one attached hydrogen (secondary N) is 1. The number of aromatic nitrogens is 2. The number of nitrogens with zero attached hydrogens (tertiary/aromatic N) is 2. The predicted molar refractivity (Wildman–Crippen MR) is 143 cm³/mol. The van der Waals surface area contributed by atoms with Crippen molar-refractivity contribution in [1.29, 1.82) is 0 Å². The number of amides is 1. The quantitative estimate of drug-likeness (QED) is 0.300. The molecule has 1 saturated heterocycles. The number of thioether (sulfide) groups is 1. The highest BCUT2D eigenvalue weighted by molar-refractivity contribution is 7.99. The number of aryl methyl sites for hydroxylation is 1. The van der Waals surface area contributed by atoms with Gasteiger partial charge in [0.1, 0.15) is 0 Å². The van der Waals surface area contributed by atoms with Crippen LogP contribution in [-0.4, -0.2) is 43.5 Å². The lowest BCUT2D eigenvalue weighted by atomic mass is 9.91. The molecule has 0 radical (unpaired) electrons. The number of carbonyl (C=O) groups excluding carboxylic acids is 1. The Kier molecular flexibility index (Phi) is 9.57. The minimum absolute atomic E-state index is 0.0230. The molecule has 202 valence electrons. The molecule has 0 aliphatic carbocycles. The van der Waals surface area contributed by atoms with E-state index >= 15 is 0 Å². The second-order valence-corrected chi connectivity index (χ2v) is 10.4. The molecule has 0 spiro atoms. The first kappa shape index (κ1) is 27.8. The van der Waals surface area contributed by atoms with Crippen LogP contribution in [0.25, 0.3) is 0 Å². The fraction of sp³-hybridized carbons (Fsp3) is 0.393. The number of benzene rings is 2. The van der Waals surface area contributed by atoms with Crippen LogP contribution in [0.15, 0.2) is 66.1 Å². The Labute approximate surface area is 226 Å². The molecule has 2 aromatic carbocycles. The number of aliphatic hydroxyl groups is 1. The van der Waals surface area contributed by atoms with Gasteiger partial charge in [-0.3, -0.25) is 9.59 Å². The van der Waals surface area contributed by atoms with Crippen LogP contribution >= 0.6 is 11.8 Å². The van der Waals surface area contributed by atoms with Gasteiger partial charge in [-0.05, 0) is 29.7 Å². The molecule has 10 heteroatoms. The Bertz CT molecular complexity index is 1230. The molecule has 1 aliphatic rings. The average Bonchev–Trinajstić information content (AvgIpc) is 3.32. The van der Waals surface area contributed by atoms with Crippen molar-refractivity contribution in [2.24, 2.45) is 13.0 Å². The number of rotatable bonds is 11. The van der Waals surface area contributed by atoms with E-state index in [9.17, 15) is 14.7 Å². The van der Waals surface area contributed by atoms with Crippen LogP contribution in [0, 0.1) is 5.92 Å². The van der Waals surface area contributed by atoms with Crippen LogP contribution in [-0.2, 0) is 32.7 Å². The third-order valence-corrected chi connectivity index (χ3v) is 7.66. The minimum atomic E-state index is -0.920. The average molecular weight is 540 g/mol. The topological polar surface area (TPSA) is 123 Å². The molecule has 1 amide bonds. The summed E-state index contributed by atoms with van der Waals surface area (Å²) in [6.45, 7) is 2.09. The van der Waals surface area contributed by atoms with Gasteiger partial charge in [0.2, 0.25) is 5.91 Å². The van der Waals surface area contributed by atoms with Gasteiger partial charge in [-0.15, -0.1) is 0 Å². The lowest BCUT2D eigenvalue weighted by molar-refractivity contribution is -0.268. The largest absolute Gasteiger partial charge is 0.481 e. The molecule has 1 aromatic heterocycles. The Morgan fingerprint density at radius 1 is 1.11 bits per heavy atom. The highest BCUT2D eigenvalue weighted by Gasteiger charge is 2.38. The van der Waals surface area contributed by atoms with Crippen molar-refractivity contribution < 1.29 is 29.3 Å². The fourth-order valence-corrected chi connectivity index (χ4v) is 5.44. The van der Waals surface area contributed by atoms with Crippen LogP contribution < -0.4 is 5.32 Å². The number of ether oxygens (including phenoxy) is 2. The maximum Gasteiger partial charge on any atom is 0.303 e. The third-order valence-electron chi connectivity index (χ3n) is 6.51. The molecule has 9 nitrogen and oxygen atoms in total. The molecule has 4 rings (SSSR count). The van der Waals surface area contributed by atoms with Gasteiger partial charge in [-0.1, -0.05) is 55.1 Å². The lowest BCUT2D eigenvalue weighted by Gasteiger charge is -2.41. The lowest BCUT2D eigenvalue weighted by Crippen LogP contribution is -2.38. The molecule has 0 bridgehead atoms. The first-order chi connectivity index (χ1) is 18.3. The van der Waals surface area contributed by atoms with Gasteiger partial charge in [-0.2, -0.15) is 0 Å². The summed E-state index contributed by atoms with van der Waals surface area (Å²) in [5.74, 6) is -0.446. The maximum absolute atomic E-state index is 12.3. The van der Waals surface area contributed by atoms with E-state index in [4.69, 9.17) is 14.6 Å². The molecule has 3 aromatic rings. The Balaban J connectivity index is 1.52. The smallest absolute Gasteiger partial charge is 0.303 e. The van der Waals surface area contributed by atoms with Crippen LogP contribution in [0.2, 0.25) is 0 Å². The molecular weight excluding hydrogens is 506 g/mol. The zero-order valence-electron chi connectivity index (χ0n) is 21.4. The minimum Gasteiger partial charge on any atom is -0.481 e. The van der Waals surface area contributed by atoms with Gasteiger partial charge in [0.15, 0.2) is 11.4 Å². The van der Waals surface area contributed by atoms with Crippen molar-refractivity contribution in [3.63, 3.8) is 0 Å². The van der Waals surface area contributed by atoms with Gasteiger partial charge < -0.3 is 29.6 Å². The van der Waals surface area contributed by atoms with Gasteiger partial charge in [-0.25, -0.2) is 4.98 Å². The number of carbonyl (C=O) groups is 2. The van der Waals surface area contributed by atoms with E-state index in [1.54, 1.807) is 24.0 Å². The third kappa shape index (κ3) is 7.22. The molecule has 1 aliphatic heterocycles. The number of aliphatic hydroxyl groups excluding tert-OH is 1. The Morgan fingerprint density at radius 3 is 2.58 bits per heavy atom. The summed E-state index contributed by atoms with van der Waals surface area (Å²) in [5, 5.41) is 22.0. The van der Waals surface area contributed by atoms with Crippen LogP contribution in [0.1, 0.15) is 55.3 Å². The second kappa shape index (κ2) is 13.1. The summed E-state index contributed by atoms with van der Waals surface area (Å²) in [7, 11) is 1.96. The zero-order chi connectivity index (χ0) is 27.1. The van der Waals surface area contributed by atoms with Gasteiger partial charge in [0.05, 0.1) is 18.8 Å².